The number of aromatic nitrogens is 3. The first-order chi connectivity index (χ1) is 27.6. The van der Waals surface area contributed by atoms with E-state index in [2.05, 4.69) is 54.2 Å². The Morgan fingerprint density at radius 2 is 1.84 bits per heavy atom. The van der Waals surface area contributed by atoms with Crippen molar-refractivity contribution in [3.63, 3.8) is 0 Å². The number of phenolic OH excluding ortho intramolecular Hbond substituents is 1. The standard InChI is InChI=1S/C41H47N9O5.C2H6/c1-27(8-12-37(53)43-26-51)49-23-29-10-11-30(18-33(29)40(49)54)48-16-14-47(15-17-48)22-28-9-13-38(42-21-28)55-31-20-41(2)25-46(3)39-35(50(41)24-31)19-34(44-45-39)32-6-4-5-7-36(32)52;1-2/h4-7,9-11,13,18-19,21,26-27,31,52H,8,12,14-17,20,22-25H2,1-3H3,(H,43,51,53);1-2H3. The Hall–Kier alpha value is -5.76. The zero-order valence-corrected chi connectivity index (χ0v) is 33.5. The van der Waals surface area contributed by atoms with Crippen molar-refractivity contribution in [2.75, 3.05) is 61.0 Å². The number of imide groups is 1. The lowest BCUT2D eigenvalue weighted by molar-refractivity contribution is -0.125. The van der Waals surface area contributed by atoms with Crippen LogP contribution in [0.15, 0.2) is 66.9 Å². The molecule has 2 saturated heterocycles. The molecular weight excluding hydrogens is 723 g/mol. The van der Waals surface area contributed by atoms with Crippen molar-refractivity contribution >= 4 is 35.4 Å². The Kier molecular flexibility index (Phi) is 11.6. The first-order valence-corrected chi connectivity index (χ1v) is 20.0. The molecule has 14 heteroatoms. The molecule has 3 amide bonds. The predicted molar refractivity (Wildman–Crippen MR) is 219 cm³/mol. The number of piperazine rings is 1. The molecular formula is C43H53N9O5. The number of pyridine rings is 1. The summed E-state index contributed by atoms with van der Waals surface area (Å²) >= 11 is 0. The van der Waals surface area contributed by atoms with Gasteiger partial charge >= 0.3 is 0 Å². The van der Waals surface area contributed by atoms with Gasteiger partial charge in [-0.15, -0.1) is 10.2 Å². The molecule has 8 rings (SSSR count). The quantitative estimate of drug-likeness (QED) is 0.201. The molecule has 2 aromatic carbocycles. The van der Waals surface area contributed by atoms with E-state index >= 15 is 0 Å². The molecule has 14 nitrogen and oxygen atoms in total. The van der Waals surface area contributed by atoms with Crippen LogP contribution in [0.5, 0.6) is 11.6 Å². The average molecular weight is 776 g/mol. The average Bonchev–Trinajstić information content (AvgIpc) is 3.74. The highest BCUT2D eigenvalue weighted by atomic mass is 16.5. The number of carbonyl (C=O) groups is 3. The van der Waals surface area contributed by atoms with Crippen LogP contribution in [0.2, 0.25) is 0 Å². The smallest absolute Gasteiger partial charge is 0.254 e. The summed E-state index contributed by atoms with van der Waals surface area (Å²) in [5.74, 6) is 1.26. The van der Waals surface area contributed by atoms with E-state index in [0.29, 0.717) is 43.1 Å². The maximum atomic E-state index is 13.3. The third kappa shape index (κ3) is 8.22. The van der Waals surface area contributed by atoms with Gasteiger partial charge in [0.15, 0.2) is 5.82 Å². The molecule has 4 aliphatic rings. The van der Waals surface area contributed by atoms with Crippen molar-refractivity contribution in [1.29, 1.82) is 0 Å². The summed E-state index contributed by atoms with van der Waals surface area (Å²) < 4.78 is 6.49. The predicted octanol–water partition coefficient (Wildman–Crippen LogP) is 4.86. The number of carbonyl (C=O) groups excluding carboxylic acids is 3. The van der Waals surface area contributed by atoms with E-state index in [4.69, 9.17) is 9.72 Å². The number of amides is 3. The Morgan fingerprint density at radius 1 is 1.05 bits per heavy atom. The van der Waals surface area contributed by atoms with Crippen molar-refractivity contribution in [3.8, 4) is 22.9 Å². The van der Waals surface area contributed by atoms with Gasteiger partial charge in [-0.1, -0.05) is 38.1 Å². The van der Waals surface area contributed by atoms with Gasteiger partial charge in [0, 0.05) is 101 Å². The molecule has 2 N–H and O–H groups in total. The normalized spacial score (nSPS) is 20.6. The molecule has 2 fully saturated rings. The van der Waals surface area contributed by atoms with E-state index in [9.17, 15) is 19.5 Å². The van der Waals surface area contributed by atoms with Gasteiger partial charge in [-0.2, -0.15) is 0 Å². The Labute approximate surface area is 334 Å². The largest absolute Gasteiger partial charge is 0.507 e. The minimum atomic E-state index is -0.334. The lowest BCUT2D eigenvalue weighted by Crippen LogP contribution is -2.53. The number of nitrogens with one attached hydrogen (secondary N) is 1. The summed E-state index contributed by atoms with van der Waals surface area (Å²) in [6.07, 6.45) is 3.77. The number of anilines is 3. The molecule has 3 unspecified atom stereocenters. The number of rotatable bonds is 11. The molecule has 57 heavy (non-hydrogen) atoms. The Morgan fingerprint density at radius 3 is 2.58 bits per heavy atom. The fourth-order valence-corrected chi connectivity index (χ4v) is 8.63. The summed E-state index contributed by atoms with van der Waals surface area (Å²) in [4.78, 5) is 51.4. The number of nitrogens with zero attached hydrogens (tertiary/aromatic N) is 8. The second-order valence-corrected chi connectivity index (χ2v) is 15.5. The molecule has 0 saturated carbocycles. The fourth-order valence-electron chi connectivity index (χ4n) is 8.63. The summed E-state index contributed by atoms with van der Waals surface area (Å²) in [7, 11) is 2.04. The van der Waals surface area contributed by atoms with Crippen LogP contribution in [0, 0.1) is 0 Å². The number of para-hydroxylation sites is 1. The van der Waals surface area contributed by atoms with Crippen molar-refractivity contribution in [3.05, 3.63) is 83.6 Å². The lowest BCUT2D eigenvalue weighted by atomic mass is 9.94. The minimum absolute atomic E-state index is 0.0104. The van der Waals surface area contributed by atoms with Gasteiger partial charge in [0.25, 0.3) is 5.91 Å². The highest BCUT2D eigenvalue weighted by Gasteiger charge is 2.48. The van der Waals surface area contributed by atoms with E-state index in [1.165, 1.54) is 0 Å². The molecule has 0 spiro atoms. The zero-order chi connectivity index (χ0) is 40.3. The maximum absolute atomic E-state index is 13.3. The van der Waals surface area contributed by atoms with Crippen LogP contribution in [0.1, 0.15) is 68.4 Å². The number of ether oxygens (including phenoxy) is 1. The molecule has 2 aromatic heterocycles. The second kappa shape index (κ2) is 16.8. The molecule has 0 aliphatic carbocycles. The van der Waals surface area contributed by atoms with Gasteiger partial charge in [-0.3, -0.25) is 24.6 Å². The van der Waals surface area contributed by atoms with Crippen LogP contribution in [-0.4, -0.2) is 112 Å². The van der Waals surface area contributed by atoms with Crippen LogP contribution in [0.4, 0.5) is 17.2 Å². The summed E-state index contributed by atoms with van der Waals surface area (Å²) in [6, 6.07) is 19.3. The zero-order valence-electron chi connectivity index (χ0n) is 33.5. The Balaban J connectivity index is 0.00000244. The van der Waals surface area contributed by atoms with Gasteiger partial charge in [0.05, 0.1) is 23.5 Å². The van der Waals surface area contributed by atoms with Crippen LogP contribution in [-0.2, 0) is 22.7 Å². The van der Waals surface area contributed by atoms with Crippen LogP contribution in [0.25, 0.3) is 11.3 Å². The summed E-state index contributed by atoms with van der Waals surface area (Å²) in [6.45, 7) is 14.5. The second-order valence-electron chi connectivity index (χ2n) is 15.5. The highest BCUT2D eigenvalue weighted by molar-refractivity contribution is 5.99. The van der Waals surface area contributed by atoms with E-state index in [1.807, 2.05) is 75.3 Å². The molecule has 3 atom stereocenters. The molecule has 0 bridgehead atoms. The first-order valence-electron chi connectivity index (χ1n) is 20.0. The van der Waals surface area contributed by atoms with Gasteiger partial charge in [-0.25, -0.2) is 4.98 Å². The number of likely N-dealkylation sites (N-methyl/N-ethyl adjacent to an activating group) is 1. The number of fused-ring (bicyclic) bond motifs is 4. The minimum Gasteiger partial charge on any atom is -0.507 e. The summed E-state index contributed by atoms with van der Waals surface area (Å²) in [5, 5.41) is 21.6. The van der Waals surface area contributed by atoms with Gasteiger partial charge in [-0.05, 0) is 61.7 Å². The van der Waals surface area contributed by atoms with Crippen LogP contribution in [0.3, 0.4) is 0 Å². The van der Waals surface area contributed by atoms with Crippen LogP contribution < -0.4 is 24.8 Å². The Bertz CT molecular complexity index is 2090. The van der Waals surface area contributed by atoms with E-state index in [0.717, 1.165) is 79.6 Å². The van der Waals surface area contributed by atoms with Crippen LogP contribution >= 0.6 is 0 Å². The first kappa shape index (κ1) is 39.5. The number of hydrogen-bond acceptors (Lipinski definition) is 12. The topological polar surface area (TPSA) is 148 Å². The van der Waals surface area contributed by atoms with E-state index in [1.54, 1.807) is 12.1 Å². The third-order valence-corrected chi connectivity index (χ3v) is 11.6. The third-order valence-electron chi connectivity index (χ3n) is 11.6. The van der Waals surface area contributed by atoms with Crippen molar-refractivity contribution in [2.24, 2.45) is 0 Å². The van der Waals surface area contributed by atoms with Crippen molar-refractivity contribution < 1.29 is 24.2 Å². The monoisotopic (exact) mass is 775 g/mol. The molecule has 6 heterocycles. The number of aromatic hydroxyl groups is 1. The number of hydrogen-bond donors (Lipinski definition) is 2. The fraction of sp³-hybridized carbons (Fsp3) is 0.442. The molecule has 4 aliphatic heterocycles. The molecule has 4 aromatic rings. The number of benzene rings is 2. The highest BCUT2D eigenvalue weighted by Crippen LogP contribution is 2.45. The van der Waals surface area contributed by atoms with Gasteiger partial charge < -0.3 is 29.4 Å². The lowest BCUT2D eigenvalue weighted by Gasteiger charge is -2.45. The molecule has 0 radical (unpaired) electrons. The van der Waals surface area contributed by atoms with Crippen molar-refractivity contribution in [2.45, 2.75) is 77.7 Å². The number of phenols is 1. The van der Waals surface area contributed by atoms with Gasteiger partial charge in [0.1, 0.15) is 11.9 Å². The molecule has 300 valence electrons. The summed E-state index contributed by atoms with van der Waals surface area (Å²) in [5.41, 5.74) is 6.01. The van der Waals surface area contributed by atoms with Crippen molar-refractivity contribution in [1.82, 2.24) is 30.3 Å². The maximum Gasteiger partial charge on any atom is 0.254 e. The van der Waals surface area contributed by atoms with E-state index in [-0.39, 0.29) is 41.7 Å². The SMILES string of the molecule is CC.CC(CCC(=O)NC=O)N1Cc2ccc(N3CCN(Cc4ccc(OC5CN6c7cc(-c8ccccc8O)nnc7N(C)CC6(C)C5)nc4)CC3)cc2C1=O. The van der Waals surface area contributed by atoms with Gasteiger partial charge in [0.2, 0.25) is 18.2 Å². The van der Waals surface area contributed by atoms with E-state index < -0.39 is 0 Å².